The molecule has 3 aromatic rings. The van der Waals surface area contributed by atoms with Gasteiger partial charge < -0.3 is 4.74 Å². The first-order valence-corrected chi connectivity index (χ1v) is 8.72. The van der Waals surface area contributed by atoms with Crippen molar-refractivity contribution in [2.24, 2.45) is 0 Å². The van der Waals surface area contributed by atoms with Crippen molar-refractivity contribution in [1.82, 2.24) is 15.0 Å². The Labute approximate surface area is 165 Å². The van der Waals surface area contributed by atoms with Crippen molar-refractivity contribution >= 4 is 17.4 Å². The number of rotatable bonds is 6. The average Bonchev–Trinajstić information content (AvgIpc) is 2.61. The van der Waals surface area contributed by atoms with Gasteiger partial charge in [-0.15, -0.1) is 0 Å². The molecule has 3 rings (SSSR count). The Kier molecular flexibility index (Phi) is 5.65. The van der Waals surface area contributed by atoms with E-state index in [0.29, 0.717) is 27.9 Å². The molecule has 28 heavy (non-hydrogen) atoms. The van der Waals surface area contributed by atoms with Crippen molar-refractivity contribution in [3.63, 3.8) is 0 Å². The molecule has 3 aromatic heterocycles. The number of nitrogens with zero attached hydrogens (tertiary/aromatic N) is 3. The minimum atomic E-state index is -2.98. The standard InChI is InChI=1S/C20H16ClF2N3O2/c1-12-5-16(28-17-6-14(21)10-24-11-17)8-18(26-12)19(27)7-15-4-3-13(9-25-15)20(2,22)23/h3-6,8-11H,7H2,1-2H3. The lowest BCUT2D eigenvalue weighted by Gasteiger charge is -2.10. The van der Waals surface area contributed by atoms with Crippen LogP contribution in [0.15, 0.2) is 48.9 Å². The number of pyridine rings is 3. The van der Waals surface area contributed by atoms with Crippen molar-refractivity contribution < 1.29 is 18.3 Å². The third-order valence-corrected chi connectivity index (χ3v) is 4.01. The van der Waals surface area contributed by atoms with Crippen molar-refractivity contribution in [3.8, 4) is 11.5 Å². The van der Waals surface area contributed by atoms with Crippen LogP contribution in [0.5, 0.6) is 11.5 Å². The zero-order chi connectivity index (χ0) is 20.3. The van der Waals surface area contributed by atoms with Crippen LogP contribution in [0.3, 0.4) is 0 Å². The topological polar surface area (TPSA) is 65.0 Å². The molecule has 0 aromatic carbocycles. The number of hydrogen-bond acceptors (Lipinski definition) is 5. The molecule has 5 nitrogen and oxygen atoms in total. The first kappa shape index (κ1) is 19.8. The van der Waals surface area contributed by atoms with Gasteiger partial charge >= 0.3 is 0 Å². The second-order valence-corrected chi connectivity index (χ2v) is 6.73. The van der Waals surface area contributed by atoms with E-state index in [4.69, 9.17) is 16.3 Å². The maximum absolute atomic E-state index is 13.3. The molecular weight excluding hydrogens is 388 g/mol. The van der Waals surface area contributed by atoms with Gasteiger partial charge in [0.15, 0.2) is 5.78 Å². The highest BCUT2D eigenvalue weighted by atomic mass is 35.5. The van der Waals surface area contributed by atoms with Crippen LogP contribution in [0, 0.1) is 6.92 Å². The number of halogens is 3. The van der Waals surface area contributed by atoms with E-state index < -0.39 is 5.92 Å². The molecule has 0 N–H and O–H groups in total. The highest BCUT2D eigenvalue weighted by Crippen LogP contribution is 2.27. The molecule has 0 saturated carbocycles. The SMILES string of the molecule is Cc1cc(Oc2cncc(Cl)c2)cc(C(=O)Cc2ccc(C(C)(F)F)cn2)n1. The second-order valence-electron chi connectivity index (χ2n) is 6.30. The number of ether oxygens (including phenoxy) is 1. The molecule has 3 heterocycles. The van der Waals surface area contributed by atoms with E-state index in [2.05, 4.69) is 15.0 Å². The molecule has 0 radical (unpaired) electrons. The van der Waals surface area contributed by atoms with Crippen LogP contribution in [-0.4, -0.2) is 20.7 Å². The Morgan fingerprint density at radius 1 is 1.14 bits per heavy atom. The number of carbonyl (C=O) groups is 1. The van der Waals surface area contributed by atoms with E-state index >= 15 is 0 Å². The van der Waals surface area contributed by atoms with E-state index in [1.54, 1.807) is 19.1 Å². The molecule has 0 aliphatic heterocycles. The molecule has 144 valence electrons. The van der Waals surface area contributed by atoms with Gasteiger partial charge in [0, 0.05) is 54.5 Å². The summed E-state index contributed by atoms with van der Waals surface area (Å²) >= 11 is 5.89. The zero-order valence-electron chi connectivity index (χ0n) is 15.1. The third kappa shape index (κ3) is 5.07. The number of hydrogen-bond donors (Lipinski definition) is 0. The fourth-order valence-corrected chi connectivity index (χ4v) is 2.63. The van der Waals surface area contributed by atoms with Gasteiger partial charge in [0.2, 0.25) is 0 Å². The third-order valence-electron chi connectivity index (χ3n) is 3.80. The van der Waals surface area contributed by atoms with Gasteiger partial charge in [-0.1, -0.05) is 11.6 Å². The van der Waals surface area contributed by atoms with Crippen molar-refractivity contribution in [2.45, 2.75) is 26.2 Å². The van der Waals surface area contributed by atoms with E-state index in [0.717, 1.165) is 13.1 Å². The molecule has 0 unspecified atom stereocenters. The number of carbonyl (C=O) groups excluding carboxylic acids is 1. The van der Waals surface area contributed by atoms with E-state index in [-0.39, 0.29) is 23.5 Å². The van der Waals surface area contributed by atoms with Crippen LogP contribution in [0.4, 0.5) is 8.78 Å². The van der Waals surface area contributed by atoms with E-state index in [9.17, 15) is 13.6 Å². The fraction of sp³-hybridized carbons (Fsp3) is 0.200. The van der Waals surface area contributed by atoms with Crippen LogP contribution in [0.25, 0.3) is 0 Å². The monoisotopic (exact) mass is 403 g/mol. The molecule has 0 aliphatic rings. The van der Waals surface area contributed by atoms with Gasteiger partial charge in [-0.2, -0.15) is 0 Å². The lowest BCUT2D eigenvalue weighted by Crippen LogP contribution is -2.11. The summed E-state index contributed by atoms with van der Waals surface area (Å²) in [6, 6.07) is 7.45. The van der Waals surface area contributed by atoms with Gasteiger partial charge in [-0.3, -0.25) is 14.8 Å². The van der Waals surface area contributed by atoms with Gasteiger partial charge in [-0.05, 0) is 19.1 Å². The molecule has 0 fully saturated rings. The summed E-state index contributed by atoms with van der Waals surface area (Å²) in [6.45, 7) is 2.53. The lowest BCUT2D eigenvalue weighted by atomic mass is 10.1. The Bertz CT molecular complexity index is 1010. The first-order valence-electron chi connectivity index (χ1n) is 8.34. The maximum atomic E-state index is 13.3. The summed E-state index contributed by atoms with van der Waals surface area (Å²) in [5.41, 5.74) is 0.951. The van der Waals surface area contributed by atoms with Crippen molar-refractivity contribution in [3.05, 3.63) is 76.6 Å². The van der Waals surface area contributed by atoms with Gasteiger partial charge in [0.05, 0.1) is 17.6 Å². The highest BCUT2D eigenvalue weighted by molar-refractivity contribution is 6.30. The number of aromatic nitrogens is 3. The summed E-state index contributed by atoms with van der Waals surface area (Å²) in [5.74, 6) is -2.45. The molecule has 0 atom stereocenters. The average molecular weight is 404 g/mol. The predicted octanol–water partition coefficient (Wildman–Crippen LogP) is 5.16. The number of aryl methyl sites for hydroxylation is 1. The summed E-state index contributed by atoms with van der Waals surface area (Å²) in [5, 5.41) is 0.423. The quantitative estimate of drug-likeness (QED) is 0.532. The normalized spacial score (nSPS) is 11.3. The Balaban J connectivity index is 1.77. The zero-order valence-corrected chi connectivity index (χ0v) is 15.9. The van der Waals surface area contributed by atoms with Gasteiger partial charge in [-0.25, -0.2) is 13.8 Å². The number of alkyl halides is 2. The summed E-state index contributed by atoms with van der Waals surface area (Å²) in [7, 11) is 0. The molecule has 0 saturated heterocycles. The van der Waals surface area contributed by atoms with Crippen molar-refractivity contribution in [1.29, 1.82) is 0 Å². The second kappa shape index (κ2) is 7.98. The molecular formula is C20H16ClF2N3O2. The Hall–Kier alpha value is -2.93. The van der Waals surface area contributed by atoms with Gasteiger partial charge in [0.1, 0.15) is 17.2 Å². The molecule has 8 heteroatoms. The van der Waals surface area contributed by atoms with E-state index in [1.165, 1.54) is 30.6 Å². The highest BCUT2D eigenvalue weighted by Gasteiger charge is 2.24. The minimum absolute atomic E-state index is 0.0653. The Morgan fingerprint density at radius 3 is 2.57 bits per heavy atom. The van der Waals surface area contributed by atoms with Crippen LogP contribution < -0.4 is 4.74 Å². The predicted molar refractivity (Wildman–Crippen MR) is 100 cm³/mol. The first-order chi connectivity index (χ1) is 13.2. The Morgan fingerprint density at radius 2 is 1.93 bits per heavy atom. The molecule has 0 aliphatic carbocycles. The lowest BCUT2D eigenvalue weighted by molar-refractivity contribution is 0.0171. The number of Topliss-reactive ketones (excluding diaryl/α,β-unsaturated/α-hetero) is 1. The van der Waals surface area contributed by atoms with Crippen LogP contribution in [-0.2, 0) is 12.3 Å². The van der Waals surface area contributed by atoms with Crippen LogP contribution in [0.1, 0.15) is 34.4 Å². The molecule has 0 bridgehead atoms. The summed E-state index contributed by atoms with van der Waals surface area (Å²) in [4.78, 5) is 24.7. The van der Waals surface area contributed by atoms with Crippen LogP contribution >= 0.6 is 11.6 Å². The summed E-state index contributed by atoms with van der Waals surface area (Å²) in [6.07, 6.45) is 3.99. The maximum Gasteiger partial charge on any atom is 0.272 e. The van der Waals surface area contributed by atoms with Crippen LogP contribution in [0.2, 0.25) is 5.02 Å². The number of ketones is 1. The minimum Gasteiger partial charge on any atom is -0.456 e. The van der Waals surface area contributed by atoms with Crippen molar-refractivity contribution in [2.75, 3.05) is 0 Å². The van der Waals surface area contributed by atoms with Gasteiger partial charge in [0.25, 0.3) is 5.92 Å². The molecule has 0 amide bonds. The molecule has 0 spiro atoms. The summed E-state index contributed by atoms with van der Waals surface area (Å²) < 4.78 is 32.2. The largest absolute Gasteiger partial charge is 0.456 e. The fourth-order valence-electron chi connectivity index (χ4n) is 2.47. The van der Waals surface area contributed by atoms with E-state index in [1.807, 2.05) is 0 Å². The smallest absolute Gasteiger partial charge is 0.272 e.